The molecule has 0 amide bonds. The minimum absolute atomic E-state index is 0.980. The van der Waals surface area contributed by atoms with Crippen molar-refractivity contribution in [1.82, 2.24) is 0 Å². The molecule has 0 heteroatoms. The highest BCUT2D eigenvalue weighted by Crippen LogP contribution is 2.27. The smallest absolute Gasteiger partial charge is 0.0355 e. The van der Waals surface area contributed by atoms with Crippen LogP contribution in [0, 0.1) is 12.3 Å². The zero-order chi connectivity index (χ0) is 11.5. The van der Waals surface area contributed by atoms with Gasteiger partial charge in [0.1, 0.15) is 0 Å². The van der Waals surface area contributed by atoms with E-state index in [1.54, 1.807) is 0 Å². The molecule has 1 rings (SSSR count). The Morgan fingerprint density at radius 3 is 2.19 bits per heavy atom. The summed E-state index contributed by atoms with van der Waals surface area (Å²) in [5.74, 6) is 0.980. The van der Waals surface area contributed by atoms with Gasteiger partial charge in [-0.2, -0.15) is 0 Å². The normalized spacial score (nSPS) is 17.8. The standard InChI is InChI=1S/C16H31/c1-2-3-4-5-6-7-8-10-13-16-14-11-9-12-15-16/h14,16H,2-13,15H2,1H3. The summed E-state index contributed by atoms with van der Waals surface area (Å²) in [7, 11) is 0. The van der Waals surface area contributed by atoms with Gasteiger partial charge in [-0.1, -0.05) is 84.0 Å². The maximum absolute atomic E-state index is 2.59. The zero-order valence-electron chi connectivity index (χ0n) is 11.3. The van der Waals surface area contributed by atoms with Crippen LogP contribution in [-0.4, -0.2) is 0 Å². The minimum Gasteiger partial charge on any atom is -0.0654 e. The fraction of sp³-hybridized carbons (Fsp3) is 0.938. The lowest BCUT2D eigenvalue weighted by Crippen LogP contribution is -2.06. The maximum Gasteiger partial charge on any atom is -0.0355 e. The van der Waals surface area contributed by atoms with Crippen molar-refractivity contribution in [2.45, 2.75) is 90.4 Å². The molecule has 1 saturated carbocycles. The lowest BCUT2D eigenvalue weighted by atomic mass is 9.85. The molecule has 0 N–H and O–H groups in total. The molecule has 0 aromatic heterocycles. The largest absolute Gasteiger partial charge is 0.0654 e. The topological polar surface area (TPSA) is 0 Å². The maximum atomic E-state index is 2.59. The van der Waals surface area contributed by atoms with Gasteiger partial charge in [-0.3, -0.25) is 0 Å². The zero-order valence-corrected chi connectivity index (χ0v) is 11.3. The van der Waals surface area contributed by atoms with E-state index in [0.29, 0.717) is 0 Å². The van der Waals surface area contributed by atoms with Crippen LogP contribution >= 0.6 is 0 Å². The molecule has 1 aliphatic rings. The molecule has 1 radical (unpaired) electrons. The Morgan fingerprint density at radius 1 is 0.875 bits per heavy atom. The molecule has 1 atom stereocenters. The molecule has 0 bridgehead atoms. The summed E-state index contributed by atoms with van der Waals surface area (Å²) in [4.78, 5) is 0. The second kappa shape index (κ2) is 10.2. The predicted octanol–water partition coefficient (Wildman–Crippen LogP) is 5.91. The average Bonchev–Trinajstić information content (AvgIpc) is 2.34. The van der Waals surface area contributed by atoms with Gasteiger partial charge in [-0.25, -0.2) is 0 Å². The molecular formula is C16H31. The van der Waals surface area contributed by atoms with Crippen molar-refractivity contribution in [1.29, 1.82) is 0 Å². The van der Waals surface area contributed by atoms with Crippen LogP contribution in [0.5, 0.6) is 0 Å². The fourth-order valence-electron chi connectivity index (χ4n) is 2.82. The first-order valence-corrected chi connectivity index (χ1v) is 7.77. The third-order valence-corrected chi connectivity index (χ3v) is 3.96. The number of rotatable bonds is 9. The highest BCUT2D eigenvalue weighted by molar-refractivity contribution is 4.80. The molecule has 0 aliphatic heterocycles. The van der Waals surface area contributed by atoms with E-state index in [4.69, 9.17) is 0 Å². The van der Waals surface area contributed by atoms with Crippen LogP contribution in [0.2, 0.25) is 0 Å². The SMILES string of the molecule is CCCCCCCCCCC1[CH]CCCC1. The van der Waals surface area contributed by atoms with Gasteiger partial charge in [0, 0.05) is 0 Å². The van der Waals surface area contributed by atoms with E-state index in [0.717, 1.165) is 5.92 Å². The monoisotopic (exact) mass is 223 g/mol. The van der Waals surface area contributed by atoms with E-state index in [1.165, 1.54) is 83.5 Å². The Morgan fingerprint density at radius 2 is 1.56 bits per heavy atom. The predicted molar refractivity (Wildman–Crippen MR) is 73.5 cm³/mol. The number of hydrogen-bond acceptors (Lipinski definition) is 0. The first-order valence-electron chi connectivity index (χ1n) is 7.77. The molecule has 1 unspecified atom stereocenters. The fourth-order valence-corrected chi connectivity index (χ4v) is 2.82. The molecular weight excluding hydrogens is 192 g/mol. The van der Waals surface area contributed by atoms with Crippen molar-refractivity contribution in [3.63, 3.8) is 0 Å². The van der Waals surface area contributed by atoms with E-state index in [9.17, 15) is 0 Å². The summed E-state index contributed by atoms with van der Waals surface area (Å²) in [6.45, 7) is 2.29. The van der Waals surface area contributed by atoms with Gasteiger partial charge in [-0.15, -0.1) is 0 Å². The Bertz CT molecular complexity index is 133. The lowest BCUT2D eigenvalue weighted by Gasteiger charge is -2.20. The van der Waals surface area contributed by atoms with Crippen molar-refractivity contribution in [3.05, 3.63) is 6.42 Å². The summed E-state index contributed by atoms with van der Waals surface area (Å²) >= 11 is 0. The summed E-state index contributed by atoms with van der Waals surface area (Å²) < 4.78 is 0. The van der Waals surface area contributed by atoms with Crippen molar-refractivity contribution in [2.24, 2.45) is 5.92 Å². The first kappa shape index (κ1) is 14.1. The van der Waals surface area contributed by atoms with Crippen molar-refractivity contribution < 1.29 is 0 Å². The Labute approximate surface area is 103 Å². The third kappa shape index (κ3) is 7.30. The quantitative estimate of drug-likeness (QED) is 0.426. The van der Waals surface area contributed by atoms with Crippen LogP contribution in [0.15, 0.2) is 0 Å². The molecule has 0 saturated heterocycles. The summed E-state index contributed by atoms with van der Waals surface area (Å²) in [5, 5.41) is 0. The van der Waals surface area contributed by atoms with Gasteiger partial charge in [0.2, 0.25) is 0 Å². The van der Waals surface area contributed by atoms with Crippen molar-refractivity contribution >= 4 is 0 Å². The molecule has 0 spiro atoms. The number of unbranched alkanes of at least 4 members (excludes halogenated alkanes) is 7. The average molecular weight is 223 g/mol. The van der Waals surface area contributed by atoms with Gasteiger partial charge in [-0.05, 0) is 18.8 Å². The van der Waals surface area contributed by atoms with E-state index >= 15 is 0 Å². The van der Waals surface area contributed by atoms with E-state index in [1.807, 2.05) is 0 Å². The van der Waals surface area contributed by atoms with E-state index in [-0.39, 0.29) is 0 Å². The van der Waals surface area contributed by atoms with Crippen LogP contribution < -0.4 is 0 Å². The number of hydrogen-bond donors (Lipinski definition) is 0. The second-order valence-electron chi connectivity index (χ2n) is 5.54. The Balaban J connectivity index is 1.77. The highest BCUT2D eigenvalue weighted by atomic mass is 14.2. The summed E-state index contributed by atoms with van der Waals surface area (Å²) in [6, 6.07) is 0. The van der Waals surface area contributed by atoms with Crippen molar-refractivity contribution in [2.75, 3.05) is 0 Å². The minimum atomic E-state index is 0.980. The van der Waals surface area contributed by atoms with Gasteiger partial charge >= 0.3 is 0 Å². The third-order valence-electron chi connectivity index (χ3n) is 3.96. The Hall–Kier alpha value is 0. The van der Waals surface area contributed by atoms with E-state index < -0.39 is 0 Å². The summed E-state index contributed by atoms with van der Waals surface area (Å²) in [6.07, 6.45) is 21.6. The summed E-state index contributed by atoms with van der Waals surface area (Å²) in [5.41, 5.74) is 0. The molecule has 0 nitrogen and oxygen atoms in total. The van der Waals surface area contributed by atoms with Crippen LogP contribution in [0.1, 0.15) is 90.4 Å². The molecule has 0 aromatic rings. The van der Waals surface area contributed by atoms with Crippen LogP contribution in [-0.2, 0) is 0 Å². The first-order chi connectivity index (χ1) is 7.93. The van der Waals surface area contributed by atoms with Gasteiger partial charge in [0.15, 0.2) is 0 Å². The van der Waals surface area contributed by atoms with Crippen molar-refractivity contribution in [3.8, 4) is 0 Å². The Kier molecular flexibility index (Phi) is 8.94. The van der Waals surface area contributed by atoms with E-state index in [2.05, 4.69) is 13.3 Å². The highest BCUT2D eigenvalue weighted by Gasteiger charge is 2.12. The van der Waals surface area contributed by atoms with Crippen LogP contribution in [0.3, 0.4) is 0 Å². The van der Waals surface area contributed by atoms with Crippen LogP contribution in [0.4, 0.5) is 0 Å². The second-order valence-corrected chi connectivity index (χ2v) is 5.54. The van der Waals surface area contributed by atoms with Crippen LogP contribution in [0.25, 0.3) is 0 Å². The van der Waals surface area contributed by atoms with Gasteiger partial charge < -0.3 is 0 Å². The molecule has 0 heterocycles. The van der Waals surface area contributed by atoms with Gasteiger partial charge in [0.05, 0.1) is 0 Å². The molecule has 1 aliphatic carbocycles. The van der Waals surface area contributed by atoms with Gasteiger partial charge in [0.25, 0.3) is 0 Å². The molecule has 1 fully saturated rings. The molecule has 95 valence electrons. The lowest BCUT2D eigenvalue weighted by molar-refractivity contribution is 0.403. The molecule has 16 heavy (non-hydrogen) atoms. The molecule has 0 aromatic carbocycles.